The van der Waals surface area contributed by atoms with Gasteiger partial charge in [-0.05, 0) is 37.6 Å². The summed E-state index contributed by atoms with van der Waals surface area (Å²) in [5.41, 5.74) is 1.37. The number of nitrogens with one attached hydrogen (secondary N) is 2. The Balaban J connectivity index is 1.31. The molecule has 41 heavy (non-hydrogen) atoms. The number of nitrogens with zero attached hydrogens (tertiary/aromatic N) is 5. The standard InChI is InChI=1S/C29H26FN7O4/c1-29(2,34-28(39)40-18-19-8-4-3-5-9-19)27(38)33-25-12-14-31-26(32-25)23-16-24(22-13-15-41-36-22)37(35-23)17-20-10-6-7-11-21(20)30/h3-16H,17-18H2,1-2H3,(H,34,39)(H,31,32,33,38). The minimum atomic E-state index is -1.32. The van der Waals surface area contributed by atoms with E-state index in [2.05, 4.69) is 30.9 Å². The Hall–Kier alpha value is -5.39. The van der Waals surface area contributed by atoms with Gasteiger partial charge in [0.15, 0.2) is 5.82 Å². The zero-order valence-corrected chi connectivity index (χ0v) is 22.2. The van der Waals surface area contributed by atoms with E-state index >= 15 is 0 Å². The quantitative estimate of drug-likeness (QED) is 0.264. The van der Waals surface area contributed by atoms with Crippen molar-refractivity contribution in [3.8, 4) is 22.9 Å². The van der Waals surface area contributed by atoms with E-state index in [1.54, 1.807) is 48.9 Å². The molecule has 2 aromatic carbocycles. The van der Waals surface area contributed by atoms with Crippen LogP contribution < -0.4 is 10.6 Å². The molecule has 0 aliphatic heterocycles. The normalized spacial score (nSPS) is 11.2. The second-order valence-electron chi connectivity index (χ2n) is 9.58. The highest BCUT2D eigenvalue weighted by Gasteiger charge is 2.31. The van der Waals surface area contributed by atoms with E-state index in [9.17, 15) is 14.0 Å². The summed E-state index contributed by atoms with van der Waals surface area (Å²) >= 11 is 0. The van der Waals surface area contributed by atoms with Crippen molar-refractivity contribution in [3.05, 3.63) is 102 Å². The average molecular weight is 556 g/mol. The molecular weight excluding hydrogens is 529 g/mol. The molecule has 11 nitrogen and oxygen atoms in total. The summed E-state index contributed by atoms with van der Waals surface area (Å²) in [7, 11) is 0. The lowest BCUT2D eigenvalue weighted by molar-refractivity contribution is -0.121. The Labute approximate surface area is 234 Å². The number of benzene rings is 2. The van der Waals surface area contributed by atoms with Crippen LogP contribution in [0.1, 0.15) is 25.0 Å². The molecule has 5 aromatic rings. The number of carbonyl (C=O) groups excluding carboxylic acids is 2. The molecule has 2 N–H and O–H groups in total. The van der Waals surface area contributed by atoms with Crippen LogP contribution in [0.3, 0.4) is 0 Å². The third-order valence-electron chi connectivity index (χ3n) is 6.08. The molecule has 2 amide bonds. The SMILES string of the molecule is CC(C)(NC(=O)OCc1ccccc1)C(=O)Nc1ccnc(-c2cc(-c3ccon3)n(Cc3ccccc3F)n2)n1. The molecule has 0 bridgehead atoms. The first-order valence-corrected chi connectivity index (χ1v) is 12.6. The molecule has 0 saturated heterocycles. The van der Waals surface area contributed by atoms with Crippen LogP contribution in [0.5, 0.6) is 0 Å². The van der Waals surface area contributed by atoms with E-state index < -0.39 is 17.5 Å². The third kappa shape index (κ3) is 6.61. The molecule has 5 rings (SSSR count). The second kappa shape index (κ2) is 11.8. The van der Waals surface area contributed by atoms with Crippen molar-refractivity contribution in [2.24, 2.45) is 0 Å². The smallest absolute Gasteiger partial charge is 0.408 e. The largest absolute Gasteiger partial charge is 0.445 e. The van der Waals surface area contributed by atoms with Gasteiger partial charge in [-0.25, -0.2) is 19.2 Å². The van der Waals surface area contributed by atoms with E-state index in [-0.39, 0.29) is 30.6 Å². The van der Waals surface area contributed by atoms with Crippen LogP contribution in [0, 0.1) is 5.82 Å². The number of alkyl carbamates (subject to hydrolysis) is 1. The van der Waals surface area contributed by atoms with Crippen LogP contribution in [0.25, 0.3) is 22.9 Å². The van der Waals surface area contributed by atoms with Gasteiger partial charge < -0.3 is 19.9 Å². The van der Waals surface area contributed by atoms with Gasteiger partial charge in [-0.15, -0.1) is 0 Å². The highest BCUT2D eigenvalue weighted by atomic mass is 19.1. The fourth-order valence-electron chi connectivity index (χ4n) is 3.88. The van der Waals surface area contributed by atoms with Gasteiger partial charge in [-0.1, -0.05) is 53.7 Å². The number of hydrogen-bond acceptors (Lipinski definition) is 8. The first kappa shape index (κ1) is 27.2. The molecule has 0 spiro atoms. The van der Waals surface area contributed by atoms with Crippen molar-refractivity contribution >= 4 is 17.8 Å². The maximum atomic E-state index is 14.4. The summed E-state index contributed by atoms with van der Waals surface area (Å²) in [5, 5.41) is 13.8. The monoisotopic (exact) mass is 555 g/mol. The number of ether oxygens (including phenoxy) is 1. The third-order valence-corrected chi connectivity index (χ3v) is 6.08. The Kier molecular flexibility index (Phi) is 7.81. The molecule has 0 radical (unpaired) electrons. The van der Waals surface area contributed by atoms with Crippen molar-refractivity contribution in [2.45, 2.75) is 32.5 Å². The minimum absolute atomic E-state index is 0.0690. The summed E-state index contributed by atoms with van der Waals surface area (Å²) in [4.78, 5) is 34.1. The molecule has 0 unspecified atom stereocenters. The molecule has 3 aromatic heterocycles. The van der Waals surface area contributed by atoms with Crippen LogP contribution in [0.15, 0.2) is 89.8 Å². The van der Waals surface area contributed by atoms with Gasteiger partial charge in [-0.3, -0.25) is 9.48 Å². The molecule has 3 heterocycles. The van der Waals surface area contributed by atoms with Crippen molar-refractivity contribution in [3.63, 3.8) is 0 Å². The van der Waals surface area contributed by atoms with Crippen LogP contribution >= 0.6 is 0 Å². The van der Waals surface area contributed by atoms with Crippen LogP contribution in [-0.4, -0.2) is 42.4 Å². The van der Waals surface area contributed by atoms with Gasteiger partial charge in [0.05, 0.1) is 12.2 Å². The Morgan fingerprint density at radius 1 is 1.02 bits per heavy atom. The number of carbonyl (C=O) groups is 2. The average Bonchev–Trinajstić information content (AvgIpc) is 3.64. The number of rotatable bonds is 9. The molecule has 0 aliphatic carbocycles. The summed E-state index contributed by atoms with van der Waals surface area (Å²) < 4.78 is 26.2. The number of anilines is 1. The maximum absolute atomic E-state index is 14.4. The maximum Gasteiger partial charge on any atom is 0.408 e. The van der Waals surface area contributed by atoms with Gasteiger partial charge >= 0.3 is 6.09 Å². The van der Waals surface area contributed by atoms with E-state index in [0.717, 1.165) is 5.56 Å². The summed E-state index contributed by atoms with van der Waals surface area (Å²) in [6.07, 6.45) is 2.16. The zero-order valence-electron chi connectivity index (χ0n) is 22.2. The topological polar surface area (TPSA) is 137 Å². The number of hydrogen-bond donors (Lipinski definition) is 2. The van der Waals surface area contributed by atoms with Crippen molar-refractivity contribution < 1.29 is 23.2 Å². The van der Waals surface area contributed by atoms with E-state index in [1.165, 1.54) is 24.6 Å². The van der Waals surface area contributed by atoms with Crippen LogP contribution in [0.4, 0.5) is 15.0 Å². The first-order chi connectivity index (χ1) is 19.8. The zero-order chi connectivity index (χ0) is 28.8. The van der Waals surface area contributed by atoms with Gasteiger partial charge in [-0.2, -0.15) is 5.10 Å². The molecule has 208 valence electrons. The van der Waals surface area contributed by atoms with Crippen molar-refractivity contribution in [2.75, 3.05) is 5.32 Å². The number of amides is 2. The predicted octanol–water partition coefficient (Wildman–Crippen LogP) is 4.83. The summed E-state index contributed by atoms with van der Waals surface area (Å²) in [6, 6.07) is 20.5. The molecular formula is C29H26FN7O4. The molecule has 0 atom stereocenters. The van der Waals surface area contributed by atoms with Gasteiger partial charge in [0, 0.05) is 17.8 Å². The Bertz CT molecular complexity index is 1650. The molecule has 12 heteroatoms. The summed E-state index contributed by atoms with van der Waals surface area (Å²) in [5.74, 6) is -0.476. The predicted molar refractivity (Wildman–Crippen MR) is 147 cm³/mol. The first-order valence-electron chi connectivity index (χ1n) is 12.6. The van der Waals surface area contributed by atoms with Gasteiger partial charge in [0.2, 0.25) is 0 Å². The van der Waals surface area contributed by atoms with Crippen molar-refractivity contribution in [1.29, 1.82) is 0 Å². The summed E-state index contributed by atoms with van der Waals surface area (Å²) in [6.45, 7) is 3.29. The van der Waals surface area contributed by atoms with E-state index in [4.69, 9.17) is 9.26 Å². The molecule has 0 fully saturated rings. The van der Waals surface area contributed by atoms with Crippen molar-refractivity contribution in [1.82, 2.24) is 30.2 Å². The lowest BCUT2D eigenvalue weighted by Gasteiger charge is -2.24. The fraction of sp³-hybridized carbons (Fsp3) is 0.172. The minimum Gasteiger partial charge on any atom is -0.445 e. The Morgan fingerprint density at radius 3 is 2.56 bits per heavy atom. The number of aromatic nitrogens is 5. The number of halogens is 1. The van der Waals surface area contributed by atoms with Gasteiger partial charge in [0.1, 0.15) is 41.4 Å². The highest BCUT2D eigenvalue weighted by molar-refractivity contribution is 5.98. The van der Waals surface area contributed by atoms with Crippen LogP contribution in [0.2, 0.25) is 0 Å². The van der Waals surface area contributed by atoms with Crippen LogP contribution in [-0.2, 0) is 22.7 Å². The fourth-order valence-corrected chi connectivity index (χ4v) is 3.88. The highest BCUT2D eigenvalue weighted by Crippen LogP contribution is 2.25. The Morgan fingerprint density at radius 2 is 1.80 bits per heavy atom. The van der Waals surface area contributed by atoms with E-state index in [1.807, 2.05) is 30.3 Å². The molecule has 0 aliphatic rings. The molecule has 0 saturated carbocycles. The lowest BCUT2D eigenvalue weighted by atomic mass is 10.1. The van der Waals surface area contributed by atoms with E-state index in [0.29, 0.717) is 22.6 Å². The van der Waals surface area contributed by atoms with Gasteiger partial charge in [0.25, 0.3) is 5.91 Å². The second-order valence-corrected chi connectivity index (χ2v) is 9.58. The lowest BCUT2D eigenvalue weighted by Crippen LogP contribution is -2.52.